The van der Waals surface area contributed by atoms with E-state index in [4.69, 9.17) is 4.74 Å². The molecule has 0 heterocycles. The maximum absolute atomic E-state index is 12.6. The number of halogens is 3. The molecule has 0 aliphatic carbocycles. The van der Waals surface area contributed by atoms with E-state index < -0.39 is 30.5 Å². The average molecular weight is 270 g/mol. The molecule has 0 aliphatic heterocycles. The van der Waals surface area contributed by atoms with Gasteiger partial charge in [0.1, 0.15) is 11.6 Å². The smallest absolute Gasteiger partial charge is 0.407 e. The molecule has 0 spiro atoms. The molecule has 7 heteroatoms. The van der Waals surface area contributed by atoms with Crippen molar-refractivity contribution < 1.29 is 22.7 Å². The Hall–Kier alpha value is -0.980. The molecule has 0 aromatic rings. The van der Waals surface area contributed by atoms with Gasteiger partial charge < -0.3 is 15.4 Å². The van der Waals surface area contributed by atoms with E-state index in [1.165, 1.54) is 0 Å². The van der Waals surface area contributed by atoms with E-state index in [-0.39, 0.29) is 6.04 Å². The van der Waals surface area contributed by atoms with Gasteiger partial charge in [0.15, 0.2) is 0 Å². The Morgan fingerprint density at radius 3 is 2.06 bits per heavy atom. The molecule has 0 saturated heterocycles. The first-order chi connectivity index (χ1) is 7.92. The Balaban J connectivity index is 4.32. The summed E-state index contributed by atoms with van der Waals surface area (Å²) in [5, 5.41) is 4.45. The van der Waals surface area contributed by atoms with Gasteiger partial charge in [0.05, 0.1) is 0 Å². The number of rotatable bonds is 4. The molecule has 0 aliphatic rings. The highest BCUT2D eigenvalue weighted by molar-refractivity contribution is 5.67. The molecule has 0 aromatic heterocycles. The molecule has 1 atom stereocenters. The van der Waals surface area contributed by atoms with Crippen LogP contribution in [0.5, 0.6) is 0 Å². The summed E-state index contributed by atoms with van der Waals surface area (Å²) in [6, 6.07) is -2.12. The van der Waals surface area contributed by atoms with Gasteiger partial charge in [-0.25, -0.2) is 4.79 Å². The van der Waals surface area contributed by atoms with Crippen LogP contribution in [0.15, 0.2) is 0 Å². The number of alkyl carbamates (subject to hydrolysis) is 1. The maximum atomic E-state index is 12.6. The van der Waals surface area contributed by atoms with E-state index in [9.17, 15) is 18.0 Å². The summed E-state index contributed by atoms with van der Waals surface area (Å²) >= 11 is 0. The van der Waals surface area contributed by atoms with Crippen molar-refractivity contribution in [2.24, 2.45) is 0 Å². The molecular weight excluding hydrogens is 249 g/mol. The molecule has 18 heavy (non-hydrogen) atoms. The van der Waals surface area contributed by atoms with Crippen molar-refractivity contribution in [2.45, 2.75) is 58.5 Å². The van der Waals surface area contributed by atoms with Crippen LogP contribution in [-0.2, 0) is 4.74 Å². The van der Waals surface area contributed by atoms with Gasteiger partial charge in [-0.05, 0) is 20.8 Å². The van der Waals surface area contributed by atoms with Crippen LogP contribution in [0.2, 0.25) is 0 Å². The van der Waals surface area contributed by atoms with Crippen LogP contribution in [0.1, 0.15) is 34.6 Å². The zero-order valence-electron chi connectivity index (χ0n) is 11.3. The van der Waals surface area contributed by atoms with Gasteiger partial charge in [0.25, 0.3) is 0 Å². The first kappa shape index (κ1) is 17.0. The molecular formula is C11H21F3N2O2. The highest BCUT2D eigenvalue weighted by atomic mass is 19.4. The van der Waals surface area contributed by atoms with Crippen LogP contribution in [0.3, 0.4) is 0 Å². The Labute approximate surface area is 105 Å². The Kier molecular flexibility index (Phi) is 5.92. The van der Waals surface area contributed by atoms with Crippen molar-refractivity contribution in [2.75, 3.05) is 6.54 Å². The summed E-state index contributed by atoms with van der Waals surface area (Å²) in [5.41, 5.74) is -0.733. The minimum Gasteiger partial charge on any atom is -0.444 e. The van der Waals surface area contributed by atoms with E-state index in [1.54, 1.807) is 34.6 Å². The lowest BCUT2D eigenvalue weighted by Gasteiger charge is -2.25. The summed E-state index contributed by atoms with van der Waals surface area (Å²) in [4.78, 5) is 11.2. The van der Waals surface area contributed by atoms with Crippen molar-refractivity contribution >= 4 is 6.09 Å². The Morgan fingerprint density at radius 2 is 1.72 bits per heavy atom. The Morgan fingerprint density at radius 1 is 1.22 bits per heavy atom. The standard InChI is InChI=1S/C11H21F3N2O2/c1-7(2)16-8(11(12,13)14)6-15-9(17)18-10(3,4)5/h7-8,16H,6H2,1-5H3,(H,15,17). The topological polar surface area (TPSA) is 50.4 Å². The molecule has 0 bridgehead atoms. The molecule has 0 fully saturated rings. The predicted molar refractivity (Wildman–Crippen MR) is 62.4 cm³/mol. The Bertz CT molecular complexity index is 272. The van der Waals surface area contributed by atoms with Gasteiger partial charge >= 0.3 is 12.3 Å². The van der Waals surface area contributed by atoms with E-state index in [0.717, 1.165) is 0 Å². The normalized spacial score (nSPS) is 14.5. The predicted octanol–water partition coefficient (Wildman–Crippen LogP) is 2.44. The number of hydrogen-bond acceptors (Lipinski definition) is 3. The van der Waals surface area contributed by atoms with E-state index in [1.807, 2.05) is 0 Å². The van der Waals surface area contributed by atoms with E-state index in [2.05, 4.69) is 10.6 Å². The van der Waals surface area contributed by atoms with Crippen molar-refractivity contribution in [1.29, 1.82) is 0 Å². The maximum Gasteiger partial charge on any atom is 0.407 e. The van der Waals surface area contributed by atoms with Crippen LogP contribution in [0, 0.1) is 0 Å². The first-order valence-corrected chi connectivity index (χ1v) is 5.71. The highest BCUT2D eigenvalue weighted by Gasteiger charge is 2.40. The second kappa shape index (κ2) is 6.26. The molecule has 0 aromatic carbocycles. The minimum absolute atomic E-state index is 0.336. The highest BCUT2D eigenvalue weighted by Crippen LogP contribution is 2.20. The number of amides is 1. The van der Waals surface area contributed by atoms with Crippen molar-refractivity contribution in [3.63, 3.8) is 0 Å². The quantitative estimate of drug-likeness (QED) is 0.825. The largest absolute Gasteiger partial charge is 0.444 e. The van der Waals surface area contributed by atoms with E-state index >= 15 is 0 Å². The fourth-order valence-corrected chi connectivity index (χ4v) is 1.17. The molecule has 1 amide bonds. The van der Waals surface area contributed by atoms with Gasteiger partial charge in [-0.1, -0.05) is 13.8 Å². The molecule has 2 N–H and O–H groups in total. The monoisotopic (exact) mass is 270 g/mol. The number of nitrogens with one attached hydrogen (secondary N) is 2. The molecule has 108 valence electrons. The lowest BCUT2D eigenvalue weighted by atomic mass is 10.2. The van der Waals surface area contributed by atoms with Gasteiger partial charge in [0, 0.05) is 12.6 Å². The summed E-state index contributed by atoms with van der Waals surface area (Å²) in [5.74, 6) is 0. The summed E-state index contributed by atoms with van der Waals surface area (Å²) < 4.78 is 42.7. The third-order valence-electron chi connectivity index (χ3n) is 1.78. The van der Waals surface area contributed by atoms with Gasteiger partial charge in [-0.15, -0.1) is 0 Å². The van der Waals surface area contributed by atoms with Crippen LogP contribution in [0.25, 0.3) is 0 Å². The van der Waals surface area contributed by atoms with Gasteiger partial charge in [-0.3, -0.25) is 0 Å². The second-order valence-corrected chi connectivity index (χ2v) is 5.30. The molecule has 0 rings (SSSR count). The first-order valence-electron chi connectivity index (χ1n) is 5.71. The third kappa shape index (κ3) is 8.16. The third-order valence-corrected chi connectivity index (χ3v) is 1.78. The fraction of sp³-hybridized carbons (Fsp3) is 0.909. The summed E-state index contributed by atoms with van der Waals surface area (Å²) in [6.45, 7) is 7.57. The van der Waals surface area contributed by atoms with Gasteiger partial charge in [0.2, 0.25) is 0 Å². The van der Waals surface area contributed by atoms with Crippen LogP contribution >= 0.6 is 0 Å². The zero-order valence-corrected chi connectivity index (χ0v) is 11.3. The fourth-order valence-electron chi connectivity index (χ4n) is 1.17. The van der Waals surface area contributed by atoms with Crippen LogP contribution in [-0.4, -0.2) is 36.5 Å². The van der Waals surface area contributed by atoms with Crippen molar-refractivity contribution in [1.82, 2.24) is 10.6 Å². The number of ether oxygens (including phenoxy) is 1. The number of carbonyl (C=O) groups excluding carboxylic acids is 1. The zero-order chi connectivity index (χ0) is 14.6. The molecule has 4 nitrogen and oxygen atoms in total. The molecule has 0 saturated carbocycles. The van der Waals surface area contributed by atoms with E-state index in [0.29, 0.717) is 0 Å². The van der Waals surface area contributed by atoms with Crippen LogP contribution in [0.4, 0.5) is 18.0 Å². The molecule has 1 unspecified atom stereocenters. The molecule has 0 radical (unpaired) electrons. The summed E-state index contributed by atoms with van der Waals surface area (Å²) in [6.07, 6.45) is -5.28. The average Bonchev–Trinajstić information content (AvgIpc) is 2.06. The van der Waals surface area contributed by atoms with Crippen molar-refractivity contribution in [3.8, 4) is 0 Å². The lowest BCUT2D eigenvalue weighted by molar-refractivity contribution is -0.155. The van der Waals surface area contributed by atoms with Crippen LogP contribution < -0.4 is 10.6 Å². The van der Waals surface area contributed by atoms with Gasteiger partial charge in [-0.2, -0.15) is 13.2 Å². The lowest BCUT2D eigenvalue weighted by Crippen LogP contribution is -2.52. The SMILES string of the molecule is CC(C)NC(CNC(=O)OC(C)(C)C)C(F)(F)F. The van der Waals surface area contributed by atoms with Crippen molar-refractivity contribution in [3.05, 3.63) is 0 Å². The second-order valence-electron chi connectivity index (χ2n) is 5.30. The summed E-state index contributed by atoms with van der Waals surface area (Å²) in [7, 11) is 0. The number of carbonyl (C=O) groups is 1. The number of hydrogen-bond donors (Lipinski definition) is 2. The number of alkyl halides is 3. The minimum atomic E-state index is -4.42.